The minimum atomic E-state index is -0.620. The fourth-order valence-corrected chi connectivity index (χ4v) is 4.44. The van der Waals surface area contributed by atoms with E-state index in [9.17, 15) is 9.59 Å². The quantitative estimate of drug-likeness (QED) is 0.817. The molecule has 2 aliphatic heterocycles. The van der Waals surface area contributed by atoms with Crippen LogP contribution < -0.4 is 9.64 Å². The number of ether oxygens (including phenoxy) is 1. The average Bonchev–Trinajstić information content (AvgIpc) is 3.22. The first-order valence-electron chi connectivity index (χ1n) is 8.94. The Morgan fingerprint density at radius 1 is 1.26 bits per heavy atom. The van der Waals surface area contributed by atoms with Crippen molar-refractivity contribution < 1.29 is 14.3 Å². The van der Waals surface area contributed by atoms with Gasteiger partial charge in [0.1, 0.15) is 5.75 Å². The molecule has 0 unspecified atom stereocenters. The highest BCUT2D eigenvalue weighted by Gasteiger charge is 2.54. The lowest BCUT2D eigenvalue weighted by Gasteiger charge is -2.23. The zero-order valence-electron chi connectivity index (χ0n) is 15.4. The lowest BCUT2D eigenvalue weighted by atomic mass is 9.81. The van der Waals surface area contributed by atoms with E-state index in [-0.39, 0.29) is 18.2 Å². The number of para-hydroxylation sites is 1. The van der Waals surface area contributed by atoms with Gasteiger partial charge in [-0.05, 0) is 35.7 Å². The minimum absolute atomic E-state index is 0.0150. The molecular formula is C21H21ClN2O3. The Balaban J connectivity index is 1.55. The number of carbonyl (C=O) groups is 2. The van der Waals surface area contributed by atoms with Gasteiger partial charge in [0.2, 0.25) is 11.8 Å². The van der Waals surface area contributed by atoms with E-state index in [1.54, 1.807) is 36.1 Å². The fraction of sp³-hybridized carbons (Fsp3) is 0.333. The predicted octanol–water partition coefficient (Wildman–Crippen LogP) is 3.04. The van der Waals surface area contributed by atoms with Gasteiger partial charge in [0.25, 0.3) is 0 Å². The van der Waals surface area contributed by atoms with Crippen LogP contribution in [-0.4, -0.2) is 44.0 Å². The summed E-state index contributed by atoms with van der Waals surface area (Å²) in [5.41, 5.74) is 2.11. The van der Waals surface area contributed by atoms with Crippen LogP contribution in [0.15, 0.2) is 42.5 Å². The van der Waals surface area contributed by atoms with Gasteiger partial charge in [0.15, 0.2) is 0 Å². The summed E-state index contributed by atoms with van der Waals surface area (Å²) in [6.45, 7) is 0.986. The van der Waals surface area contributed by atoms with Crippen molar-refractivity contribution in [2.45, 2.75) is 18.3 Å². The minimum Gasteiger partial charge on any atom is -0.497 e. The molecule has 0 aliphatic carbocycles. The molecule has 0 saturated carbocycles. The molecule has 2 heterocycles. The maximum atomic E-state index is 13.0. The maximum absolute atomic E-state index is 13.0. The van der Waals surface area contributed by atoms with Crippen LogP contribution in [0.5, 0.6) is 5.75 Å². The van der Waals surface area contributed by atoms with Crippen LogP contribution in [0.2, 0.25) is 5.02 Å². The highest BCUT2D eigenvalue weighted by molar-refractivity contribution is 6.31. The van der Waals surface area contributed by atoms with Crippen molar-refractivity contribution >= 4 is 29.1 Å². The number of nitrogens with zero attached hydrogens (tertiary/aromatic N) is 2. The summed E-state index contributed by atoms with van der Waals surface area (Å²) in [4.78, 5) is 29.4. The van der Waals surface area contributed by atoms with Gasteiger partial charge < -0.3 is 14.5 Å². The van der Waals surface area contributed by atoms with E-state index in [0.717, 1.165) is 16.8 Å². The first-order valence-corrected chi connectivity index (χ1v) is 9.32. The van der Waals surface area contributed by atoms with E-state index in [1.165, 1.54) is 0 Å². The molecule has 5 nitrogen and oxygen atoms in total. The molecule has 0 radical (unpaired) electrons. The Hall–Kier alpha value is -2.53. The predicted molar refractivity (Wildman–Crippen MR) is 104 cm³/mol. The van der Waals surface area contributed by atoms with Crippen molar-refractivity contribution in [2.75, 3.05) is 32.1 Å². The molecule has 1 atom stereocenters. The fourth-order valence-electron chi connectivity index (χ4n) is 4.21. The molecule has 0 bridgehead atoms. The first kappa shape index (κ1) is 17.9. The van der Waals surface area contributed by atoms with Gasteiger partial charge in [-0.3, -0.25) is 9.59 Å². The summed E-state index contributed by atoms with van der Waals surface area (Å²) >= 11 is 6.28. The lowest BCUT2D eigenvalue weighted by molar-refractivity contribution is -0.130. The molecule has 4 rings (SSSR count). The third-order valence-corrected chi connectivity index (χ3v) is 6.07. The van der Waals surface area contributed by atoms with Crippen molar-refractivity contribution in [1.29, 1.82) is 0 Å². The Morgan fingerprint density at radius 3 is 2.78 bits per heavy atom. The molecule has 1 fully saturated rings. The van der Waals surface area contributed by atoms with E-state index < -0.39 is 5.41 Å². The van der Waals surface area contributed by atoms with Crippen LogP contribution in [0.1, 0.15) is 17.5 Å². The molecule has 140 valence electrons. The molecule has 1 saturated heterocycles. The molecule has 1 spiro atoms. The molecule has 6 heteroatoms. The Bertz CT molecular complexity index is 929. The highest BCUT2D eigenvalue weighted by Crippen LogP contribution is 2.46. The molecular weight excluding hydrogens is 364 g/mol. The van der Waals surface area contributed by atoms with Gasteiger partial charge in [-0.2, -0.15) is 0 Å². The lowest BCUT2D eigenvalue weighted by Crippen LogP contribution is -2.42. The van der Waals surface area contributed by atoms with Crippen LogP contribution in [0.25, 0.3) is 0 Å². The van der Waals surface area contributed by atoms with E-state index in [0.29, 0.717) is 30.3 Å². The topological polar surface area (TPSA) is 49.9 Å². The van der Waals surface area contributed by atoms with Crippen LogP contribution >= 0.6 is 11.6 Å². The standard InChI is InChI=1S/C21H21ClN2O3/c1-23-18-6-4-3-5-16(18)21(20(23)26)9-10-24(13-21)19(25)11-14-7-8-15(27-2)12-17(14)22/h3-8,12H,9-11,13H2,1-2H3/t21-/m1/s1. The van der Waals surface area contributed by atoms with Crippen molar-refractivity contribution in [2.24, 2.45) is 0 Å². The number of fused-ring (bicyclic) bond motifs is 2. The largest absolute Gasteiger partial charge is 0.497 e. The van der Waals surface area contributed by atoms with Crippen molar-refractivity contribution in [3.05, 3.63) is 58.6 Å². The van der Waals surface area contributed by atoms with Crippen molar-refractivity contribution in [3.8, 4) is 5.75 Å². The number of hydrogen-bond donors (Lipinski definition) is 0. The molecule has 0 aromatic heterocycles. The number of benzene rings is 2. The summed E-state index contributed by atoms with van der Waals surface area (Å²) in [5.74, 6) is 0.716. The molecule has 2 aromatic carbocycles. The van der Waals surface area contributed by atoms with Gasteiger partial charge in [-0.25, -0.2) is 0 Å². The number of rotatable bonds is 3. The molecule has 2 aliphatic rings. The second kappa shape index (κ2) is 6.57. The zero-order valence-corrected chi connectivity index (χ0v) is 16.1. The first-order chi connectivity index (χ1) is 13.0. The monoisotopic (exact) mass is 384 g/mol. The van der Waals surface area contributed by atoms with Crippen LogP contribution in [-0.2, 0) is 21.4 Å². The van der Waals surface area contributed by atoms with E-state index in [1.807, 2.05) is 30.3 Å². The van der Waals surface area contributed by atoms with Gasteiger partial charge >= 0.3 is 0 Å². The van der Waals surface area contributed by atoms with Crippen LogP contribution in [0, 0.1) is 0 Å². The van der Waals surface area contributed by atoms with E-state index in [4.69, 9.17) is 16.3 Å². The summed E-state index contributed by atoms with van der Waals surface area (Å²) in [5, 5.41) is 0.513. The number of likely N-dealkylation sites (tertiary alicyclic amines) is 1. The number of carbonyl (C=O) groups excluding carboxylic acids is 2. The summed E-state index contributed by atoms with van der Waals surface area (Å²) < 4.78 is 5.15. The third-order valence-electron chi connectivity index (χ3n) is 5.72. The number of likely N-dealkylation sites (N-methyl/N-ethyl adjacent to an activating group) is 1. The SMILES string of the molecule is COc1ccc(CC(=O)N2CC[C@]3(C2)C(=O)N(C)c2ccccc23)c(Cl)c1. The molecule has 27 heavy (non-hydrogen) atoms. The second-order valence-electron chi connectivity index (χ2n) is 7.16. The van der Waals surface area contributed by atoms with Gasteiger partial charge in [-0.15, -0.1) is 0 Å². The maximum Gasteiger partial charge on any atom is 0.239 e. The van der Waals surface area contributed by atoms with Crippen LogP contribution in [0.3, 0.4) is 0 Å². The van der Waals surface area contributed by atoms with E-state index >= 15 is 0 Å². The normalized spacial score (nSPS) is 21.1. The molecule has 0 N–H and O–H groups in total. The Morgan fingerprint density at radius 2 is 2.04 bits per heavy atom. The van der Waals surface area contributed by atoms with Crippen LogP contribution in [0.4, 0.5) is 5.69 Å². The summed E-state index contributed by atoms with van der Waals surface area (Å²) in [6.07, 6.45) is 0.861. The Kier molecular flexibility index (Phi) is 4.35. The number of hydrogen-bond acceptors (Lipinski definition) is 3. The van der Waals surface area contributed by atoms with Gasteiger partial charge in [0.05, 0.1) is 18.9 Å². The van der Waals surface area contributed by atoms with Gasteiger partial charge in [0, 0.05) is 30.8 Å². The highest BCUT2D eigenvalue weighted by atomic mass is 35.5. The number of methoxy groups -OCH3 is 1. The Labute approximate surface area is 163 Å². The summed E-state index contributed by atoms with van der Waals surface area (Å²) in [6, 6.07) is 13.2. The zero-order chi connectivity index (χ0) is 19.2. The average molecular weight is 385 g/mol. The third kappa shape index (κ3) is 2.77. The molecule has 2 aromatic rings. The second-order valence-corrected chi connectivity index (χ2v) is 7.57. The molecule has 2 amide bonds. The smallest absolute Gasteiger partial charge is 0.239 e. The van der Waals surface area contributed by atoms with E-state index in [2.05, 4.69) is 0 Å². The van der Waals surface area contributed by atoms with Crippen molar-refractivity contribution in [3.63, 3.8) is 0 Å². The summed E-state index contributed by atoms with van der Waals surface area (Å²) in [7, 11) is 3.38. The van der Waals surface area contributed by atoms with Gasteiger partial charge in [-0.1, -0.05) is 35.9 Å². The van der Waals surface area contributed by atoms with Crippen molar-refractivity contribution in [1.82, 2.24) is 4.90 Å². The number of halogens is 1. The number of anilines is 1. The number of amides is 2.